The summed E-state index contributed by atoms with van der Waals surface area (Å²) in [7, 11) is 0. The summed E-state index contributed by atoms with van der Waals surface area (Å²) in [5.41, 5.74) is 0.483. The molecule has 0 spiro atoms. The van der Waals surface area contributed by atoms with E-state index in [1.807, 2.05) is 6.07 Å². The zero-order chi connectivity index (χ0) is 13.7. The summed E-state index contributed by atoms with van der Waals surface area (Å²) in [4.78, 5) is 12.4. The number of Topliss-reactive ketones (excluding diaryl/α,β-unsaturated/α-hetero) is 1. The quantitative estimate of drug-likeness (QED) is 0.770. The third kappa shape index (κ3) is 3.41. The largest absolute Gasteiger partial charge is 0.298 e. The minimum Gasteiger partial charge on any atom is -0.298 e. The SMILES string of the molecule is N#CC(C(=O)C1CCCCCC1)c1cccc(F)c1. The summed E-state index contributed by atoms with van der Waals surface area (Å²) in [6.45, 7) is 0. The van der Waals surface area contributed by atoms with E-state index in [4.69, 9.17) is 0 Å². The zero-order valence-electron chi connectivity index (χ0n) is 10.9. The number of hydrogen-bond donors (Lipinski definition) is 0. The van der Waals surface area contributed by atoms with Crippen molar-refractivity contribution in [2.45, 2.75) is 44.4 Å². The van der Waals surface area contributed by atoms with Crippen LogP contribution < -0.4 is 0 Å². The van der Waals surface area contributed by atoms with Crippen LogP contribution in [-0.2, 0) is 4.79 Å². The molecule has 0 amide bonds. The second-order valence-corrected chi connectivity index (χ2v) is 5.21. The van der Waals surface area contributed by atoms with E-state index < -0.39 is 11.7 Å². The van der Waals surface area contributed by atoms with Crippen LogP contribution in [-0.4, -0.2) is 5.78 Å². The van der Waals surface area contributed by atoms with Gasteiger partial charge in [-0.15, -0.1) is 0 Å². The predicted molar refractivity (Wildman–Crippen MR) is 71.0 cm³/mol. The lowest BCUT2D eigenvalue weighted by atomic mass is 9.84. The van der Waals surface area contributed by atoms with E-state index in [1.54, 1.807) is 12.1 Å². The molecule has 2 nitrogen and oxygen atoms in total. The van der Waals surface area contributed by atoms with Gasteiger partial charge < -0.3 is 0 Å². The normalized spacial score (nSPS) is 18.3. The smallest absolute Gasteiger partial charge is 0.157 e. The first-order chi connectivity index (χ1) is 9.22. The van der Waals surface area contributed by atoms with Crippen LogP contribution in [0.2, 0.25) is 0 Å². The molecule has 100 valence electrons. The van der Waals surface area contributed by atoms with Crippen LogP contribution in [0, 0.1) is 23.1 Å². The van der Waals surface area contributed by atoms with Crippen molar-refractivity contribution in [1.82, 2.24) is 0 Å². The van der Waals surface area contributed by atoms with E-state index in [1.165, 1.54) is 25.0 Å². The van der Waals surface area contributed by atoms with Crippen molar-refractivity contribution < 1.29 is 9.18 Å². The van der Waals surface area contributed by atoms with Crippen molar-refractivity contribution in [3.63, 3.8) is 0 Å². The van der Waals surface area contributed by atoms with Gasteiger partial charge in [-0.2, -0.15) is 5.26 Å². The Morgan fingerprint density at radius 3 is 2.53 bits per heavy atom. The molecule has 0 saturated heterocycles. The van der Waals surface area contributed by atoms with Gasteiger partial charge in [-0.05, 0) is 30.5 Å². The molecule has 1 unspecified atom stereocenters. The number of benzene rings is 1. The topological polar surface area (TPSA) is 40.9 Å². The molecule has 1 aromatic rings. The summed E-state index contributed by atoms with van der Waals surface area (Å²) in [6.07, 6.45) is 6.18. The molecule has 1 aliphatic rings. The molecule has 2 rings (SSSR count). The minimum atomic E-state index is -0.821. The Morgan fingerprint density at radius 1 is 1.26 bits per heavy atom. The van der Waals surface area contributed by atoms with E-state index in [2.05, 4.69) is 0 Å². The number of nitriles is 1. The molecule has 1 fully saturated rings. The van der Waals surface area contributed by atoms with Gasteiger partial charge in [0, 0.05) is 5.92 Å². The van der Waals surface area contributed by atoms with E-state index in [9.17, 15) is 14.4 Å². The molecule has 0 heterocycles. The van der Waals surface area contributed by atoms with Crippen LogP contribution in [0.15, 0.2) is 24.3 Å². The fourth-order valence-corrected chi connectivity index (χ4v) is 2.79. The van der Waals surface area contributed by atoms with Crippen LogP contribution in [0.5, 0.6) is 0 Å². The second kappa shape index (κ2) is 6.47. The molecule has 0 N–H and O–H groups in total. The van der Waals surface area contributed by atoms with E-state index in [0.717, 1.165) is 25.7 Å². The monoisotopic (exact) mass is 259 g/mol. The standard InChI is InChI=1S/C16H18FNO/c17-14-9-5-8-13(10-14)15(11-18)16(19)12-6-3-1-2-4-7-12/h5,8-10,12,15H,1-4,6-7H2. The first-order valence-corrected chi connectivity index (χ1v) is 6.91. The predicted octanol–water partition coefficient (Wildman–Crippen LogP) is 3.97. The molecular formula is C16H18FNO. The molecule has 1 aromatic carbocycles. The Balaban J connectivity index is 2.17. The highest BCUT2D eigenvalue weighted by atomic mass is 19.1. The lowest BCUT2D eigenvalue weighted by molar-refractivity contribution is -0.123. The average molecular weight is 259 g/mol. The van der Waals surface area contributed by atoms with Gasteiger partial charge >= 0.3 is 0 Å². The van der Waals surface area contributed by atoms with Gasteiger partial charge in [0.25, 0.3) is 0 Å². The highest BCUT2D eigenvalue weighted by Gasteiger charge is 2.28. The van der Waals surface area contributed by atoms with Crippen molar-refractivity contribution >= 4 is 5.78 Å². The van der Waals surface area contributed by atoms with E-state index in [-0.39, 0.29) is 11.7 Å². The van der Waals surface area contributed by atoms with E-state index >= 15 is 0 Å². The van der Waals surface area contributed by atoms with Gasteiger partial charge in [0.05, 0.1) is 6.07 Å². The Morgan fingerprint density at radius 2 is 1.95 bits per heavy atom. The molecular weight excluding hydrogens is 241 g/mol. The van der Waals surface area contributed by atoms with Gasteiger partial charge in [-0.1, -0.05) is 37.8 Å². The van der Waals surface area contributed by atoms with Crippen LogP contribution >= 0.6 is 0 Å². The Kier molecular flexibility index (Phi) is 4.68. The van der Waals surface area contributed by atoms with Gasteiger partial charge in [0.15, 0.2) is 5.78 Å². The molecule has 3 heteroatoms. The van der Waals surface area contributed by atoms with Crippen LogP contribution in [0.1, 0.15) is 50.0 Å². The van der Waals surface area contributed by atoms with Crippen molar-refractivity contribution in [3.8, 4) is 6.07 Å². The van der Waals surface area contributed by atoms with Gasteiger partial charge in [-0.3, -0.25) is 4.79 Å². The minimum absolute atomic E-state index is 0.0320. The first kappa shape index (κ1) is 13.7. The van der Waals surface area contributed by atoms with Crippen LogP contribution in [0.3, 0.4) is 0 Å². The molecule has 0 radical (unpaired) electrons. The molecule has 0 aromatic heterocycles. The van der Waals surface area contributed by atoms with Crippen molar-refractivity contribution in [3.05, 3.63) is 35.6 Å². The van der Waals surface area contributed by atoms with Crippen molar-refractivity contribution in [1.29, 1.82) is 5.26 Å². The second-order valence-electron chi connectivity index (χ2n) is 5.21. The van der Waals surface area contributed by atoms with Gasteiger partial charge in [0.2, 0.25) is 0 Å². The molecule has 0 bridgehead atoms. The summed E-state index contributed by atoms with van der Waals surface area (Å²) in [5.74, 6) is -1.28. The zero-order valence-corrected chi connectivity index (χ0v) is 10.9. The Bertz CT molecular complexity index is 484. The maximum atomic E-state index is 13.2. The van der Waals surface area contributed by atoms with Crippen LogP contribution in [0.4, 0.5) is 4.39 Å². The number of rotatable bonds is 3. The lowest BCUT2D eigenvalue weighted by Gasteiger charge is -2.16. The molecule has 1 aliphatic carbocycles. The number of carbonyl (C=O) groups is 1. The fourth-order valence-electron chi connectivity index (χ4n) is 2.79. The first-order valence-electron chi connectivity index (χ1n) is 6.91. The van der Waals surface area contributed by atoms with Crippen LogP contribution in [0.25, 0.3) is 0 Å². The highest BCUT2D eigenvalue weighted by Crippen LogP contribution is 2.29. The molecule has 1 saturated carbocycles. The number of carbonyl (C=O) groups excluding carboxylic acids is 1. The summed E-state index contributed by atoms with van der Waals surface area (Å²) >= 11 is 0. The molecule has 19 heavy (non-hydrogen) atoms. The molecule has 0 aliphatic heterocycles. The van der Waals surface area contributed by atoms with E-state index in [0.29, 0.717) is 5.56 Å². The Labute approximate surface area is 113 Å². The number of halogens is 1. The van der Waals surface area contributed by atoms with Gasteiger partial charge in [-0.25, -0.2) is 4.39 Å². The summed E-state index contributed by atoms with van der Waals surface area (Å²) < 4.78 is 13.2. The maximum Gasteiger partial charge on any atom is 0.157 e. The third-order valence-corrected chi connectivity index (χ3v) is 3.85. The van der Waals surface area contributed by atoms with Crippen molar-refractivity contribution in [2.24, 2.45) is 5.92 Å². The summed E-state index contributed by atoms with van der Waals surface area (Å²) in [6, 6.07) is 7.88. The fraction of sp³-hybridized carbons (Fsp3) is 0.500. The number of hydrogen-bond acceptors (Lipinski definition) is 2. The maximum absolute atomic E-state index is 13.2. The average Bonchev–Trinajstić information content (AvgIpc) is 2.68. The Hall–Kier alpha value is -1.69. The lowest BCUT2D eigenvalue weighted by Crippen LogP contribution is -2.21. The summed E-state index contributed by atoms with van der Waals surface area (Å²) in [5, 5.41) is 9.25. The van der Waals surface area contributed by atoms with Crippen molar-refractivity contribution in [2.75, 3.05) is 0 Å². The van der Waals surface area contributed by atoms with Gasteiger partial charge in [0.1, 0.15) is 11.7 Å². The third-order valence-electron chi connectivity index (χ3n) is 3.85. The number of ketones is 1. The highest BCUT2D eigenvalue weighted by molar-refractivity contribution is 5.90. The number of nitrogens with zero attached hydrogens (tertiary/aromatic N) is 1. The molecule has 1 atom stereocenters.